The van der Waals surface area contributed by atoms with Crippen molar-refractivity contribution >= 4 is 23.2 Å². The first-order valence-electron chi connectivity index (χ1n) is 8.80. The highest BCUT2D eigenvalue weighted by molar-refractivity contribution is 7.16. The molecule has 5 heteroatoms. The first-order valence-corrected chi connectivity index (χ1v) is 9.62. The second-order valence-electron chi connectivity index (χ2n) is 6.76. The third-order valence-corrected chi connectivity index (χ3v) is 6.25. The third kappa shape index (κ3) is 3.76. The van der Waals surface area contributed by atoms with Crippen molar-refractivity contribution in [2.45, 2.75) is 51.0 Å². The molecule has 1 aromatic heterocycles. The van der Waals surface area contributed by atoms with Crippen LogP contribution in [0.15, 0.2) is 36.4 Å². The van der Waals surface area contributed by atoms with Crippen LogP contribution in [0, 0.1) is 0 Å². The Hall–Kier alpha value is -2.14. The van der Waals surface area contributed by atoms with E-state index in [0.717, 1.165) is 53.8 Å². The normalized spacial score (nSPS) is 16.8. The van der Waals surface area contributed by atoms with Crippen molar-refractivity contribution in [3.8, 4) is 10.4 Å². The highest BCUT2D eigenvalue weighted by atomic mass is 32.1. The summed E-state index contributed by atoms with van der Waals surface area (Å²) < 4.78 is 0. The van der Waals surface area contributed by atoms with E-state index in [1.807, 2.05) is 36.4 Å². The van der Waals surface area contributed by atoms with Crippen molar-refractivity contribution in [1.82, 2.24) is 5.32 Å². The summed E-state index contributed by atoms with van der Waals surface area (Å²) in [5.41, 5.74) is 6.82. The van der Waals surface area contributed by atoms with Gasteiger partial charge in [0.25, 0.3) is 0 Å². The van der Waals surface area contributed by atoms with Crippen molar-refractivity contribution in [2.75, 3.05) is 0 Å². The first-order chi connectivity index (χ1) is 12.0. The van der Waals surface area contributed by atoms with E-state index in [0.29, 0.717) is 5.56 Å². The molecule has 3 rings (SSSR count). The lowest BCUT2D eigenvalue weighted by atomic mass is 9.86. The average molecular weight is 356 g/mol. The van der Waals surface area contributed by atoms with Crippen LogP contribution in [0.25, 0.3) is 10.4 Å². The maximum atomic E-state index is 12.1. The lowest BCUT2D eigenvalue weighted by Gasteiger charge is -2.33. The second-order valence-corrected chi connectivity index (χ2v) is 7.81. The Kier molecular flexibility index (Phi) is 5.23. The standard InChI is InChI=1S/C20H24N2O2S/c1-14(23)22-20(11-7-2-3-8-12-20)18-16(19(21)24)13-17(25-18)15-9-5-4-6-10-15/h4-6,9-10,13H,2-3,7-8,11-12H2,1H3,(H2,21,24)(H,22,23). The quantitative estimate of drug-likeness (QED) is 0.806. The van der Waals surface area contributed by atoms with E-state index in [1.165, 1.54) is 0 Å². The molecule has 2 aromatic rings. The van der Waals surface area contributed by atoms with Crippen LogP contribution in [0.3, 0.4) is 0 Å². The topological polar surface area (TPSA) is 72.2 Å². The summed E-state index contributed by atoms with van der Waals surface area (Å²) in [6.45, 7) is 1.54. The van der Waals surface area contributed by atoms with Crippen LogP contribution in [-0.2, 0) is 10.3 Å². The molecule has 0 spiro atoms. The van der Waals surface area contributed by atoms with Gasteiger partial charge in [0, 0.05) is 16.7 Å². The largest absolute Gasteiger partial charge is 0.366 e. The lowest BCUT2D eigenvalue weighted by Crippen LogP contribution is -2.45. The van der Waals surface area contributed by atoms with Gasteiger partial charge in [-0.3, -0.25) is 9.59 Å². The number of primary amides is 1. The third-order valence-electron chi connectivity index (χ3n) is 4.86. The van der Waals surface area contributed by atoms with Crippen LogP contribution in [0.4, 0.5) is 0 Å². The summed E-state index contributed by atoms with van der Waals surface area (Å²) in [6.07, 6.45) is 6.09. The summed E-state index contributed by atoms with van der Waals surface area (Å²) >= 11 is 1.58. The van der Waals surface area contributed by atoms with E-state index >= 15 is 0 Å². The minimum absolute atomic E-state index is 0.0630. The van der Waals surface area contributed by atoms with Crippen LogP contribution in [0.5, 0.6) is 0 Å². The molecular formula is C20H24N2O2S. The maximum Gasteiger partial charge on any atom is 0.249 e. The Labute approximate surface area is 152 Å². The molecule has 0 bridgehead atoms. The van der Waals surface area contributed by atoms with E-state index < -0.39 is 11.4 Å². The van der Waals surface area contributed by atoms with E-state index in [1.54, 1.807) is 18.3 Å². The predicted octanol–water partition coefficient (Wildman–Crippen LogP) is 4.20. The fourth-order valence-corrected chi connectivity index (χ4v) is 5.12. The number of nitrogens with two attached hydrogens (primary N) is 1. The van der Waals surface area contributed by atoms with Crippen LogP contribution < -0.4 is 11.1 Å². The molecule has 1 aliphatic carbocycles. The van der Waals surface area contributed by atoms with Gasteiger partial charge in [0.15, 0.2) is 0 Å². The SMILES string of the molecule is CC(=O)NC1(c2sc(-c3ccccc3)cc2C(N)=O)CCCCCC1. The maximum absolute atomic E-state index is 12.1. The molecule has 4 nitrogen and oxygen atoms in total. The summed E-state index contributed by atoms with van der Waals surface area (Å²) in [5.74, 6) is -0.491. The zero-order valence-corrected chi connectivity index (χ0v) is 15.3. The number of amides is 2. The Morgan fingerprint density at radius 1 is 1.08 bits per heavy atom. The van der Waals surface area contributed by atoms with Gasteiger partial charge < -0.3 is 11.1 Å². The fourth-order valence-electron chi connectivity index (χ4n) is 3.75. The van der Waals surface area contributed by atoms with Crippen molar-refractivity contribution in [1.29, 1.82) is 0 Å². The molecule has 25 heavy (non-hydrogen) atoms. The lowest BCUT2D eigenvalue weighted by molar-refractivity contribution is -0.121. The zero-order chi connectivity index (χ0) is 17.9. The summed E-state index contributed by atoms with van der Waals surface area (Å²) in [6, 6.07) is 11.9. The molecule has 1 saturated carbocycles. The number of carbonyl (C=O) groups is 2. The van der Waals surface area contributed by atoms with E-state index in [4.69, 9.17) is 5.73 Å². The molecule has 1 aromatic carbocycles. The van der Waals surface area contributed by atoms with Crippen molar-refractivity contribution in [3.63, 3.8) is 0 Å². The minimum atomic E-state index is -0.482. The van der Waals surface area contributed by atoms with Gasteiger partial charge in [-0.2, -0.15) is 0 Å². The Morgan fingerprint density at radius 3 is 2.28 bits per heavy atom. The Balaban J connectivity index is 2.12. The molecule has 1 heterocycles. The molecule has 1 fully saturated rings. The van der Waals surface area contributed by atoms with Gasteiger partial charge in [-0.1, -0.05) is 56.0 Å². The van der Waals surface area contributed by atoms with E-state index in [2.05, 4.69) is 5.32 Å². The smallest absolute Gasteiger partial charge is 0.249 e. The molecule has 0 radical (unpaired) electrons. The van der Waals surface area contributed by atoms with Gasteiger partial charge in [0.05, 0.1) is 11.1 Å². The van der Waals surface area contributed by atoms with E-state index in [9.17, 15) is 9.59 Å². The molecule has 132 valence electrons. The highest BCUT2D eigenvalue weighted by Crippen LogP contribution is 2.44. The van der Waals surface area contributed by atoms with Crippen LogP contribution >= 0.6 is 11.3 Å². The molecule has 0 aliphatic heterocycles. The monoisotopic (exact) mass is 356 g/mol. The number of carbonyl (C=O) groups excluding carboxylic acids is 2. The number of hydrogen-bond acceptors (Lipinski definition) is 3. The number of thiophene rings is 1. The predicted molar refractivity (Wildman–Crippen MR) is 101 cm³/mol. The summed E-state index contributed by atoms with van der Waals surface area (Å²) in [5, 5.41) is 3.18. The van der Waals surface area contributed by atoms with Crippen molar-refractivity contribution in [2.24, 2.45) is 5.73 Å². The summed E-state index contributed by atoms with van der Waals surface area (Å²) in [4.78, 5) is 26.0. The van der Waals surface area contributed by atoms with Gasteiger partial charge in [-0.15, -0.1) is 11.3 Å². The number of nitrogens with one attached hydrogen (secondary N) is 1. The van der Waals surface area contributed by atoms with Gasteiger partial charge >= 0.3 is 0 Å². The number of benzene rings is 1. The molecule has 3 N–H and O–H groups in total. The molecular weight excluding hydrogens is 332 g/mol. The first kappa shape index (κ1) is 17.7. The van der Waals surface area contributed by atoms with Gasteiger partial charge in [-0.05, 0) is 24.5 Å². The molecule has 2 amide bonds. The number of hydrogen-bond donors (Lipinski definition) is 2. The molecule has 0 unspecified atom stereocenters. The fraction of sp³-hybridized carbons (Fsp3) is 0.400. The second kappa shape index (κ2) is 7.40. The molecule has 0 atom stereocenters. The van der Waals surface area contributed by atoms with Gasteiger partial charge in [-0.25, -0.2) is 0 Å². The Bertz CT molecular complexity index is 759. The van der Waals surface area contributed by atoms with Crippen LogP contribution in [0.1, 0.15) is 60.7 Å². The average Bonchev–Trinajstić information content (AvgIpc) is 2.92. The Morgan fingerprint density at radius 2 is 1.72 bits per heavy atom. The summed E-state index contributed by atoms with van der Waals surface area (Å²) in [7, 11) is 0. The van der Waals surface area contributed by atoms with Crippen LogP contribution in [-0.4, -0.2) is 11.8 Å². The van der Waals surface area contributed by atoms with Crippen molar-refractivity contribution < 1.29 is 9.59 Å². The van der Waals surface area contributed by atoms with Gasteiger partial charge in [0.2, 0.25) is 11.8 Å². The minimum Gasteiger partial charge on any atom is -0.366 e. The molecule has 1 aliphatic rings. The number of rotatable bonds is 4. The van der Waals surface area contributed by atoms with Crippen molar-refractivity contribution in [3.05, 3.63) is 46.8 Å². The highest BCUT2D eigenvalue weighted by Gasteiger charge is 2.38. The molecule has 0 saturated heterocycles. The zero-order valence-electron chi connectivity index (χ0n) is 14.5. The van der Waals surface area contributed by atoms with Crippen LogP contribution in [0.2, 0.25) is 0 Å². The van der Waals surface area contributed by atoms with E-state index in [-0.39, 0.29) is 5.91 Å². The van der Waals surface area contributed by atoms with Gasteiger partial charge in [0.1, 0.15) is 0 Å².